The first-order chi connectivity index (χ1) is 8.22. The van der Waals surface area contributed by atoms with Crippen molar-refractivity contribution in [3.63, 3.8) is 0 Å². The molecule has 0 radical (unpaired) electrons. The zero-order valence-corrected chi connectivity index (χ0v) is 11.0. The van der Waals surface area contributed by atoms with Gasteiger partial charge in [-0.05, 0) is 25.2 Å². The molecule has 0 saturated carbocycles. The number of H-pyrrole nitrogens is 1. The summed E-state index contributed by atoms with van der Waals surface area (Å²) in [6.45, 7) is 0.824. The molecule has 0 unspecified atom stereocenters. The predicted molar refractivity (Wildman–Crippen MR) is 69.3 cm³/mol. The molecule has 0 spiro atoms. The Morgan fingerprint density at radius 3 is 3.00 bits per heavy atom. The zero-order chi connectivity index (χ0) is 12.3. The number of rotatable bonds is 4. The van der Waals surface area contributed by atoms with Crippen molar-refractivity contribution < 1.29 is 4.39 Å². The van der Waals surface area contributed by atoms with Crippen LogP contribution in [0.2, 0.25) is 0 Å². The summed E-state index contributed by atoms with van der Waals surface area (Å²) in [4.78, 5) is 0. The van der Waals surface area contributed by atoms with Gasteiger partial charge in [0.05, 0.1) is 6.20 Å². The highest BCUT2D eigenvalue weighted by Gasteiger charge is 2.11. The molecule has 5 heteroatoms. The Kier molecular flexibility index (Phi) is 3.91. The van der Waals surface area contributed by atoms with E-state index in [4.69, 9.17) is 0 Å². The fraction of sp³-hybridized carbons (Fsp3) is 0.250. The minimum Gasteiger partial charge on any atom is -0.319 e. The number of hydrogen-bond donors (Lipinski definition) is 2. The first-order valence-electron chi connectivity index (χ1n) is 5.34. The number of hydrogen-bond acceptors (Lipinski definition) is 2. The van der Waals surface area contributed by atoms with Crippen molar-refractivity contribution in [2.24, 2.45) is 0 Å². The van der Waals surface area contributed by atoms with Gasteiger partial charge in [-0.1, -0.05) is 15.9 Å². The maximum absolute atomic E-state index is 13.8. The number of nitrogens with one attached hydrogen (secondary N) is 2. The molecule has 1 aromatic carbocycles. The normalized spacial score (nSPS) is 10.8. The van der Waals surface area contributed by atoms with Gasteiger partial charge in [-0.15, -0.1) is 0 Å². The van der Waals surface area contributed by atoms with Crippen molar-refractivity contribution in [1.82, 2.24) is 15.5 Å². The summed E-state index contributed by atoms with van der Waals surface area (Å²) in [5.41, 5.74) is 2.33. The van der Waals surface area contributed by atoms with E-state index in [-0.39, 0.29) is 5.82 Å². The molecule has 0 aliphatic carbocycles. The highest BCUT2D eigenvalue weighted by Crippen LogP contribution is 2.28. The molecule has 0 atom stereocenters. The molecule has 90 valence electrons. The van der Waals surface area contributed by atoms with Crippen molar-refractivity contribution in [2.45, 2.75) is 6.42 Å². The van der Waals surface area contributed by atoms with Crippen LogP contribution in [0.5, 0.6) is 0 Å². The Bertz CT molecular complexity index is 510. The number of halogens is 2. The van der Waals surface area contributed by atoms with Crippen LogP contribution in [0.4, 0.5) is 4.39 Å². The number of benzene rings is 1. The van der Waals surface area contributed by atoms with Gasteiger partial charge < -0.3 is 5.32 Å². The SMILES string of the molecule is CNCCc1[nH]ncc1-c1cc(Br)ccc1F. The largest absolute Gasteiger partial charge is 0.319 e. The van der Waals surface area contributed by atoms with Gasteiger partial charge in [-0.3, -0.25) is 5.10 Å². The van der Waals surface area contributed by atoms with E-state index in [1.807, 2.05) is 7.05 Å². The Morgan fingerprint density at radius 1 is 1.41 bits per heavy atom. The molecule has 0 aliphatic rings. The first-order valence-corrected chi connectivity index (χ1v) is 6.14. The van der Waals surface area contributed by atoms with E-state index < -0.39 is 0 Å². The molecule has 0 fully saturated rings. The fourth-order valence-corrected chi connectivity index (χ4v) is 2.05. The summed E-state index contributed by atoms with van der Waals surface area (Å²) in [6, 6.07) is 4.91. The van der Waals surface area contributed by atoms with Gasteiger partial charge in [0.1, 0.15) is 5.82 Å². The summed E-state index contributed by atoms with van der Waals surface area (Å²) >= 11 is 3.35. The monoisotopic (exact) mass is 297 g/mol. The topological polar surface area (TPSA) is 40.7 Å². The summed E-state index contributed by atoms with van der Waals surface area (Å²) in [5.74, 6) is -0.236. The van der Waals surface area contributed by atoms with Gasteiger partial charge >= 0.3 is 0 Å². The van der Waals surface area contributed by atoms with Crippen LogP contribution in [0.3, 0.4) is 0 Å². The molecule has 3 nitrogen and oxygen atoms in total. The van der Waals surface area contributed by atoms with Crippen LogP contribution in [0.25, 0.3) is 11.1 Å². The molecule has 2 aromatic rings. The Balaban J connectivity index is 2.38. The molecular weight excluding hydrogens is 285 g/mol. The van der Waals surface area contributed by atoms with Gasteiger partial charge in [-0.2, -0.15) is 5.10 Å². The third-order valence-corrected chi connectivity index (χ3v) is 3.06. The summed E-state index contributed by atoms with van der Waals surface area (Å²) in [7, 11) is 1.88. The third kappa shape index (κ3) is 2.73. The van der Waals surface area contributed by atoms with Crippen LogP contribution in [-0.2, 0) is 6.42 Å². The molecule has 0 aliphatic heterocycles. The van der Waals surface area contributed by atoms with Crippen LogP contribution in [0, 0.1) is 5.82 Å². The van der Waals surface area contributed by atoms with E-state index in [2.05, 4.69) is 31.4 Å². The van der Waals surface area contributed by atoms with Gasteiger partial charge in [0, 0.05) is 34.3 Å². The molecule has 17 heavy (non-hydrogen) atoms. The summed E-state index contributed by atoms with van der Waals surface area (Å²) in [6.07, 6.45) is 2.45. The average Bonchev–Trinajstić information content (AvgIpc) is 2.77. The lowest BCUT2D eigenvalue weighted by Gasteiger charge is -2.05. The Morgan fingerprint density at radius 2 is 2.24 bits per heavy atom. The highest BCUT2D eigenvalue weighted by atomic mass is 79.9. The number of nitrogens with zero attached hydrogens (tertiary/aromatic N) is 1. The van der Waals surface area contributed by atoms with Gasteiger partial charge in [0.15, 0.2) is 0 Å². The molecule has 2 N–H and O–H groups in total. The van der Waals surface area contributed by atoms with Crippen LogP contribution in [0.15, 0.2) is 28.9 Å². The maximum atomic E-state index is 13.8. The van der Waals surface area contributed by atoms with E-state index in [1.54, 1.807) is 18.3 Å². The average molecular weight is 298 g/mol. The molecular formula is C12H13BrFN3. The van der Waals surface area contributed by atoms with E-state index in [0.29, 0.717) is 5.56 Å². The molecule has 0 amide bonds. The molecule has 1 aromatic heterocycles. The lowest BCUT2D eigenvalue weighted by atomic mass is 10.0. The van der Waals surface area contributed by atoms with Crippen LogP contribution in [-0.4, -0.2) is 23.8 Å². The van der Waals surface area contributed by atoms with Gasteiger partial charge in [0.2, 0.25) is 0 Å². The number of likely N-dealkylation sites (N-methyl/N-ethyl adjacent to an activating group) is 1. The molecule has 0 bridgehead atoms. The summed E-state index contributed by atoms with van der Waals surface area (Å²) < 4.78 is 14.6. The molecule has 1 heterocycles. The minimum absolute atomic E-state index is 0.236. The fourth-order valence-electron chi connectivity index (χ4n) is 1.69. The highest BCUT2D eigenvalue weighted by molar-refractivity contribution is 9.10. The second-order valence-corrected chi connectivity index (χ2v) is 4.66. The smallest absolute Gasteiger partial charge is 0.131 e. The quantitative estimate of drug-likeness (QED) is 0.911. The first kappa shape index (κ1) is 12.3. The second kappa shape index (κ2) is 5.42. The van der Waals surface area contributed by atoms with Crippen LogP contribution < -0.4 is 5.32 Å². The van der Waals surface area contributed by atoms with E-state index >= 15 is 0 Å². The standard InChI is InChI=1S/C12H13BrFN3/c1-15-5-4-12-10(7-16-17-12)9-6-8(13)2-3-11(9)14/h2-3,6-7,15H,4-5H2,1H3,(H,16,17). The maximum Gasteiger partial charge on any atom is 0.131 e. The van der Waals surface area contributed by atoms with Crippen molar-refractivity contribution in [2.75, 3.05) is 13.6 Å². The number of aromatic nitrogens is 2. The number of aromatic amines is 1. The lowest BCUT2D eigenvalue weighted by molar-refractivity contribution is 0.630. The van der Waals surface area contributed by atoms with Gasteiger partial charge in [-0.25, -0.2) is 4.39 Å². The van der Waals surface area contributed by atoms with Gasteiger partial charge in [0.25, 0.3) is 0 Å². The van der Waals surface area contributed by atoms with Crippen molar-refractivity contribution in [3.05, 3.63) is 40.4 Å². The second-order valence-electron chi connectivity index (χ2n) is 3.74. The molecule has 0 saturated heterocycles. The zero-order valence-electron chi connectivity index (χ0n) is 9.43. The Hall–Kier alpha value is -1.20. The third-order valence-electron chi connectivity index (χ3n) is 2.56. The van der Waals surface area contributed by atoms with Crippen LogP contribution >= 0.6 is 15.9 Å². The van der Waals surface area contributed by atoms with E-state index in [1.165, 1.54) is 6.07 Å². The molecule has 2 rings (SSSR count). The van der Waals surface area contributed by atoms with Crippen molar-refractivity contribution >= 4 is 15.9 Å². The minimum atomic E-state index is -0.236. The van der Waals surface area contributed by atoms with E-state index in [0.717, 1.165) is 28.7 Å². The van der Waals surface area contributed by atoms with E-state index in [9.17, 15) is 4.39 Å². The van der Waals surface area contributed by atoms with Crippen LogP contribution in [0.1, 0.15) is 5.69 Å². The predicted octanol–water partition coefficient (Wildman–Crippen LogP) is 2.74. The van der Waals surface area contributed by atoms with Crippen molar-refractivity contribution in [3.8, 4) is 11.1 Å². The summed E-state index contributed by atoms with van der Waals surface area (Å²) in [5, 5.41) is 9.96. The lowest BCUT2D eigenvalue weighted by Crippen LogP contribution is -2.11. The van der Waals surface area contributed by atoms with Crippen molar-refractivity contribution in [1.29, 1.82) is 0 Å². The Labute approximate surface area is 108 Å².